The number of piperidine rings is 1. The van der Waals surface area contributed by atoms with Gasteiger partial charge in [-0.1, -0.05) is 6.07 Å². The lowest BCUT2D eigenvalue weighted by atomic mass is 9.84. The Kier molecular flexibility index (Phi) is 7.97. The molecule has 1 spiro atoms. The maximum atomic E-state index is 13.5. The van der Waals surface area contributed by atoms with Gasteiger partial charge < -0.3 is 19.3 Å². The van der Waals surface area contributed by atoms with Gasteiger partial charge in [0.15, 0.2) is 6.61 Å². The van der Waals surface area contributed by atoms with Crippen molar-refractivity contribution in [2.24, 2.45) is 0 Å². The highest BCUT2D eigenvalue weighted by atomic mass is 19.4. The van der Waals surface area contributed by atoms with E-state index in [2.05, 4.69) is 4.90 Å². The van der Waals surface area contributed by atoms with E-state index in [0.717, 1.165) is 57.2 Å². The summed E-state index contributed by atoms with van der Waals surface area (Å²) in [7, 11) is 0. The van der Waals surface area contributed by atoms with Crippen LogP contribution in [0.5, 0.6) is 5.75 Å². The first kappa shape index (κ1) is 27.5. The number of likely N-dealkylation sites (tertiary alicyclic amines) is 3. The average molecular weight is 526 g/mol. The van der Waals surface area contributed by atoms with Crippen molar-refractivity contribution >= 4 is 12.0 Å². The molecule has 1 aromatic carbocycles. The third-order valence-electron chi connectivity index (χ3n) is 7.65. The van der Waals surface area contributed by atoms with Crippen molar-refractivity contribution in [3.8, 4) is 5.75 Å². The van der Waals surface area contributed by atoms with E-state index in [1.54, 1.807) is 9.80 Å². The zero-order valence-electron chi connectivity index (χ0n) is 22.0. The van der Waals surface area contributed by atoms with Crippen LogP contribution >= 0.6 is 0 Å². The molecule has 3 heterocycles. The van der Waals surface area contributed by atoms with E-state index in [9.17, 15) is 22.8 Å². The Balaban J connectivity index is 1.46. The SMILES string of the molecule is CC(C)(C)OC(=O)N1CCC2(CCCN2Cc2ccc(C(F)(F)F)cc2OCC(=O)N2CCCC2)CC1. The van der Waals surface area contributed by atoms with Crippen LogP contribution in [0.15, 0.2) is 18.2 Å². The summed E-state index contributed by atoms with van der Waals surface area (Å²) in [5.41, 5.74) is -0.829. The molecule has 0 aromatic heterocycles. The van der Waals surface area contributed by atoms with E-state index >= 15 is 0 Å². The molecule has 37 heavy (non-hydrogen) atoms. The van der Waals surface area contributed by atoms with Crippen LogP contribution in [0.2, 0.25) is 0 Å². The van der Waals surface area contributed by atoms with Gasteiger partial charge in [-0.3, -0.25) is 9.69 Å². The summed E-state index contributed by atoms with van der Waals surface area (Å²) < 4.78 is 51.6. The Bertz CT molecular complexity index is 978. The number of nitrogens with zero attached hydrogens (tertiary/aromatic N) is 3. The second-order valence-corrected chi connectivity index (χ2v) is 11.4. The molecular formula is C27H38F3N3O4. The number of alkyl halides is 3. The molecule has 1 aromatic rings. The van der Waals surface area contributed by atoms with E-state index in [1.165, 1.54) is 6.07 Å². The molecule has 3 aliphatic rings. The predicted octanol–water partition coefficient (Wildman–Crippen LogP) is 5.07. The first-order chi connectivity index (χ1) is 17.4. The van der Waals surface area contributed by atoms with Crippen molar-refractivity contribution in [2.75, 3.05) is 39.3 Å². The highest BCUT2D eigenvalue weighted by Gasteiger charge is 2.44. The molecule has 3 fully saturated rings. The van der Waals surface area contributed by atoms with E-state index in [4.69, 9.17) is 9.47 Å². The van der Waals surface area contributed by atoms with Gasteiger partial charge in [-0.25, -0.2) is 4.79 Å². The standard InChI is InChI=1S/C27H38F3N3O4/c1-25(2,3)37-24(35)32-15-10-26(11-16-32)9-6-14-33(26)18-20-7-8-21(27(28,29)30)17-22(20)36-19-23(34)31-12-4-5-13-31/h7-8,17H,4-6,9-16,18-19H2,1-3H3. The predicted molar refractivity (Wildman–Crippen MR) is 132 cm³/mol. The summed E-state index contributed by atoms with van der Waals surface area (Å²) in [5.74, 6) is -0.0939. The molecule has 0 atom stereocenters. The lowest BCUT2D eigenvalue weighted by Crippen LogP contribution is -2.53. The van der Waals surface area contributed by atoms with Crippen LogP contribution in [0.4, 0.5) is 18.0 Å². The van der Waals surface area contributed by atoms with E-state index in [-0.39, 0.29) is 29.9 Å². The van der Waals surface area contributed by atoms with E-state index in [1.807, 2.05) is 20.8 Å². The zero-order valence-corrected chi connectivity index (χ0v) is 22.0. The Labute approximate surface area is 216 Å². The van der Waals surface area contributed by atoms with Crippen molar-refractivity contribution in [1.82, 2.24) is 14.7 Å². The molecule has 7 nitrogen and oxygen atoms in total. The number of hydrogen-bond donors (Lipinski definition) is 0. The first-order valence-corrected chi connectivity index (χ1v) is 13.2. The van der Waals surface area contributed by atoms with Crippen LogP contribution < -0.4 is 4.74 Å². The fourth-order valence-electron chi connectivity index (χ4n) is 5.64. The van der Waals surface area contributed by atoms with Gasteiger partial charge in [-0.05, 0) is 78.0 Å². The van der Waals surface area contributed by atoms with E-state index < -0.39 is 17.3 Å². The second-order valence-electron chi connectivity index (χ2n) is 11.4. The minimum atomic E-state index is -4.50. The molecule has 0 unspecified atom stereocenters. The van der Waals surface area contributed by atoms with Crippen LogP contribution in [0.1, 0.15) is 70.4 Å². The van der Waals surface area contributed by atoms with Crippen molar-refractivity contribution < 1.29 is 32.2 Å². The normalized spacial score (nSPS) is 20.5. The maximum Gasteiger partial charge on any atom is 0.416 e. The Morgan fingerprint density at radius 1 is 0.919 bits per heavy atom. The third kappa shape index (κ3) is 6.69. The largest absolute Gasteiger partial charge is 0.483 e. The van der Waals surface area contributed by atoms with Crippen molar-refractivity contribution in [2.45, 2.75) is 83.2 Å². The summed E-state index contributed by atoms with van der Waals surface area (Å²) in [6.07, 6.45) is 0.557. The molecule has 0 N–H and O–H groups in total. The zero-order chi connectivity index (χ0) is 26.8. The second kappa shape index (κ2) is 10.7. The van der Waals surface area contributed by atoms with Gasteiger partial charge in [-0.2, -0.15) is 13.2 Å². The number of amides is 2. The topological polar surface area (TPSA) is 62.3 Å². The van der Waals surface area contributed by atoms with Gasteiger partial charge >= 0.3 is 12.3 Å². The third-order valence-corrected chi connectivity index (χ3v) is 7.65. The molecule has 3 saturated heterocycles. The summed E-state index contributed by atoms with van der Waals surface area (Å²) in [6, 6.07) is 3.57. The number of rotatable bonds is 5. The average Bonchev–Trinajstić information content (AvgIpc) is 3.48. The smallest absolute Gasteiger partial charge is 0.416 e. The molecule has 0 radical (unpaired) electrons. The molecular weight excluding hydrogens is 487 g/mol. The molecule has 206 valence electrons. The molecule has 4 rings (SSSR count). The van der Waals surface area contributed by atoms with Crippen LogP contribution in [-0.2, 0) is 22.3 Å². The molecule has 0 saturated carbocycles. The van der Waals surface area contributed by atoms with Gasteiger partial charge in [0.25, 0.3) is 5.91 Å². The van der Waals surface area contributed by atoms with Crippen LogP contribution in [-0.4, -0.2) is 77.2 Å². The van der Waals surface area contributed by atoms with Gasteiger partial charge in [-0.15, -0.1) is 0 Å². The summed E-state index contributed by atoms with van der Waals surface area (Å²) in [4.78, 5) is 30.8. The fourth-order valence-corrected chi connectivity index (χ4v) is 5.64. The van der Waals surface area contributed by atoms with Crippen molar-refractivity contribution in [1.29, 1.82) is 0 Å². The molecule has 10 heteroatoms. The fraction of sp³-hybridized carbons (Fsp3) is 0.704. The molecule has 0 aliphatic carbocycles. The number of benzene rings is 1. The van der Waals surface area contributed by atoms with Gasteiger partial charge in [0, 0.05) is 43.8 Å². The minimum Gasteiger partial charge on any atom is -0.483 e. The van der Waals surface area contributed by atoms with Crippen molar-refractivity contribution in [3.63, 3.8) is 0 Å². The quantitative estimate of drug-likeness (QED) is 0.537. The lowest BCUT2D eigenvalue weighted by molar-refractivity contribution is -0.137. The highest BCUT2D eigenvalue weighted by Crippen LogP contribution is 2.41. The van der Waals surface area contributed by atoms with Crippen molar-refractivity contribution in [3.05, 3.63) is 29.3 Å². The number of hydrogen-bond acceptors (Lipinski definition) is 5. The Morgan fingerprint density at radius 2 is 1.59 bits per heavy atom. The van der Waals surface area contributed by atoms with Crippen LogP contribution in [0, 0.1) is 0 Å². The lowest BCUT2D eigenvalue weighted by Gasteiger charge is -2.45. The summed E-state index contributed by atoms with van der Waals surface area (Å²) >= 11 is 0. The Hall–Kier alpha value is -2.49. The van der Waals surface area contributed by atoms with Gasteiger partial charge in [0.2, 0.25) is 0 Å². The Morgan fingerprint density at radius 3 is 2.22 bits per heavy atom. The maximum absolute atomic E-state index is 13.5. The van der Waals surface area contributed by atoms with E-state index in [0.29, 0.717) is 38.3 Å². The number of halogens is 3. The summed E-state index contributed by atoms with van der Waals surface area (Å²) in [5, 5.41) is 0. The highest BCUT2D eigenvalue weighted by molar-refractivity contribution is 5.78. The number of carbonyl (C=O) groups is 2. The molecule has 2 amide bonds. The van der Waals surface area contributed by atoms with Gasteiger partial charge in [0.05, 0.1) is 5.56 Å². The van der Waals surface area contributed by atoms with Gasteiger partial charge in [0.1, 0.15) is 11.4 Å². The molecule has 0 bridgehead atoms. The summed E-state index contributed by atoms with van der Waals surface area (Å²) in [6.45, 7) is 8.98. The first-order valence-electron chi connectivity index (χ1n) is 13.2. The molecule has 3 aliphatic heterocycles. The number of carbonyl (C=O) groups excluding carboxylic acids is 2. The number of ether oxygens (including phenoxy) is 2. The van der Waals surface area contributed by atoms with Crippen LogP contribution in [0.3, 0.4) is 0 Å². The monoisotopic (exact) mass is 525 g/mol. The van der Waals surface area contributed by atoms with Crippen LogP contribution in [0.25, 0.3) is 0 Å². The minimum absolute atomic E-state index is 0.107.